The number of unbranched alkanes of at least 4 members (excludes halogenated alkanes) is 27. The van der Waals surface area contributed by atoms with E-state index >= 15 is 0 Å². The largest absolute Gasteiger partial charge is 0.472 e. The number of allylic oxidation sites excluding steroid dienone is 10. The molecule has 0 radical (unpaired) electrons. The Hall–Kier alpha value is -2.82. The van der Waals surface area contributed by atoms with Crippen LogP contribution in [0, 0.1) is 0 Å². The van der Waals surface area contributed by atoms with Gasteiger partial charge in [0.05, 0.1) is 19.8 Å². The van der Waals surface area contributed by atoms with Crippen molar-refractivity contribution in [2.24, 2.45) is 0 Å². The van der Waals surface area contributed by atoms with Crippen LogP contribution >= 0.6 is 7.82 Å². The zero-order valence-electron chi connectivity index (χ0n) is 46.1. The third-order valence-electron chi connectivity index (χ3n) is 12.4. The lowest BCUT2D eigenvalue weighted by Gasteiger charge is -2.21. The van der Waals surface area contributed by atoms with Crippen molar-refractivity contribution >= 4 is 25.7 Å². The van der Waals surface area contributed by atoms with Gasteiger partial charge in [-0.2, -0.15) is 0 Å². The van der Waals surface area contributed by atoms with E-state index in [0.29, 0.717) is 19.3 Å². The monoisotopic (exact) mass is 1030 g/mol. The predicted molar refractivity (Wildman–Crippen MR) is 298 cm³/mol. The Kier molecular flexibility index (Phi) is 52.3. The van der Waals surface area contributed by atoms with Crippen LogP contribution in [-0.2, 0) is 42.2 Å². The number of carbonyl (C=O) groups is 3. The Morgan fingerprint density at radius 2 is 0.722 bits per heavy atom. The molecule has 11 nitrogen and oxygen atoms in total. The molecule has 0 aromatic heterocycles. The van der Waals surface area contributed by atoms with Gasteiger partial charge in [0, 0.05) is 19.3 Å². The van der Waals surface area contributed by atoms with E-state index < -0.39 is 57.8 Å². The van der Waals surface area contributed by atoms with E-state index in [2.05, 4.69) is 81.5 Å². The van der Waals surface area contributed by atoms with E-state index in [1.54, 1.807) is 0 Å². The lowest BCUT2D eigenvalue weighted by Crippen LogP contribution is -2.30. The minimum Gasteiger partial charge on any atom is -0.462 e. The van der Waals surface area contributed by atoms with Crippen molar-refractivity contribution in [3.05, 3.63) is 60.8 Å². The number of aliphatic hydroxyl groups excluding tert-OH is 1. The van der Waals surface area contributed by atoms with Crippen LogP contribution in [0.3, 0.4) is 0 Å². The van der Waals surface area contributed by atoms with Gasteiger partial charge < -0.3 is 24.2 Å². The zero-order valence-corrected chi connectivity index (χ0v) is 47.0. The van der Waals surface area contributed by atoms with Crippen molar-refractivity contribution in [1.29, 1.82) is 0 Å². The van der Waals surface area contributed by atoms with E-state index in [-0.39, 0.29) is 25.9 Å². The maximum Gasteiger partial charge on any atom is 0.472 e. The molecule has 2 N–H and O–H groups in total. The van der Waals surface area contributed by atoms with Crippen LogP contribution in [0.1, 0.15) is 265 Å². The Labute approximate surface area is 440 Å². The highest BCUT2D eigenvalue weighted by Gasteiger charge is 2.28. The maximum atomic E-state index is 12.9. The molecule has 0 aliphatic carbocycles. The van der Waals surface area contributed by atoms with Gasteiger partial charge in [0.15, 0.2) is 6.10 Å². The fourth-order valence-corrected chi connectivity index (χ4v) is 8.77. The average molecular weight is 1040 g/mol. The molecular formula is C60H107O11P. The molecule has 0 aliphatic rings. The second-order valence-electron chi connectivity index (χ2n) is 19.4. The number of ether oxygens (including phenoxy) is 3. The molecule has 0 amide bonds. The van der Waals surface area contributed by atoms with E-state index in [1.807, 2.05) is 0 Å². The minimum absolute atomic E-state index is 0.125. The van der Waals surface area contributed by atoms with Gasteiger partial charge in [0.25, 0.3) is 0 Å². The predicted octanol–water partition coefficient (Wildman–Crippen LogP) is 17.1. The number of phosphoric ester groups is 1. The molecule has 0 saturated carbocycles. The van der Waals surface area contributed by atoms with Crippen molar-refractivity contribution in [1.82, 2.24) is 0 Å². The molecule has 3 unspecified atom stereocenters. The average Bonchev–Trinajstić information content (AvgIpc) is 3.37. The first kappa shape index (κ1) is 69.2. The van der Waals surface area contributed by atoms with Gasteiger partial charge in [-0.15, -0.1) is 0 Å². The molecule has 0 aromatic rings. The van der Waals surface area contributed by atoms with Crippen molar-refractivity contribution in [2.45, 2.75) is 277 Å². The van der Waals surface area contributed by atoms with Crippen molar-refractivity contribution < 1.29 is 52.2 Å². The maximum absolute atomic E-state index is 12.9. The molecule has 0 saturated heterocycles. The molecule has 12 heteroatoms. The van der Waals surface area contributed by atoms with Gasteiger partial charge in [0.1, 0.15) is 12.7 Å². The van der Waals surface area contributed by atoms with Gasteiger partial charge in [-0.25, -0.2) is 4.57 Å². The molecule has 0 aliphatic heterocycles. The first-order valence-electron chi connectivity index (χ1n) is 29.2. The third kappa shape index (κ3) is 52.1. The molecule has 0 bridgehead atoms. The van der Waals surface area contributed by atoms with Crippen molar-refractivity contribution in [3.8, 4) is 0 Å². The summed E-state index contributed by atoms with van der Waals surface area (Å²) in [5.41, 5.74) is 0. The molecule has 3 atom stereocenters. The summed E-state index contributed by atoms with van der Waals surface area (Å²) in [6.45, 7) is 4.49. The number of rotatable bonds is 54. The van der Waals surface area contributed by atoms with Crippen LogP contribution in [0.15, 0.2) is 60.8 Å². The highest BCUT2D eigenvalue weighted by molar-refractivity contribution is 7.47. The smallest absolute Gasteiger partial charge is 0.462 e. The van der Waals surface area contributed by atoms with Gasteiger partial charge in [0.2, 0.25) is 0 Å². The van der Waals surface area contributed by atoms with E-state index in [1.165, 1.54) is 128 Å². The summed E-state index contributed by atoms with van der Waals surface area (Å²) in [6, 6.07) is 0. The van der Waals surface area contributed by atoms with E-state index in [0.717, 1.165) is 77.0 Å². The molecule has 0 fully saturated rings. The second kappa shape index (κ2) is 54.4. The minimum atomic E-state index is -4.76. The Balaban J connectivity index is 4.70. The summed E-state index contributed by atoms with van der Waals surface area (Å²) >= 11 is 0. The summed E-state index contributed by atoms with van der Waals surface area (Å²) in [7, 11) is -4.76. The first-order chi connectivity index (χ1) is 35.2. The normalized spacial score (nSPS) is 13.8. The van der Waals surface area contributed by atoms with Crippen LogP contribution in [0.4, 0.5) is 0 Å². The lowest BCUT2D eigenvalue weighted by molar-refractivity contribution is -0.161. The Bertz CT molecular complexity index is 1440. The highest BCUT2D eigenvalue weighted by atomic mass is 31.2. The highest BCUT2D eigenvalue weighted by Crippen LogP contribution is 2.43. The van der Waals surface area contributed by atoms with Crippen molar-refractivity contribution in [3.63, 3.8) is 0 Å². The summed E-state index contributed by atoms with van der Waals surface area (Å²) in [5, 5.41) is 9.80. The Morgan fingerprint density at radius 3 is 1.15 bits per heavy atom. The van der Waals surface area contributed by atoms with Crippen LogP contribution in [0.25, 0.3) is 0 Å². The summed E-state index contributed by atoms with van der Waals surface area (Å²) in [4.78, 5) is 48.5. The molecule has 0 spiro atoms. The lowest BCUT2D eigenvalue weighted by atomic mass is 10.1. The topological polar surface area (TPSA) is 155 Å². The molecule has 0 heterocycles. The van der Waals surface area contributed by atoms with Crippen LogP contribution < -0.4 is 0 Å². The van der Waals surface area contributed by atoms with Crippen LogP contribution in [0.2, 0.25) is 0 Å². The third-order valence-corrected chi connectivity index (χ3v) is 13.4. The fraction of sp³-hybridized carbons (Fsp3) is 0.783. The molecule has 72 heavy (non-hydrogen) atoms. The molecule has 0 aromatic carbocycles. The number of carbonyl (C=O) groups excluding carboxylic acids is 3. The quantitative estimate of drug-likeness (QED) is 0.0197. The summed E-state index contributed by atoms with van der Waals surface area (Å²) in [6.07, 6.45) is 59.0. The van der Waals surface area contributed by atoms with E-state index in [9.17, 15) is 28.9 Å². The van der Waals surface area contributed by atoms with Gasteiger partial charge in [-0.05, 0) is 83.5 Å². The number of phosphoric acid groups is 1. The van der Waals surface area contributed by atoms with Gasteiger partial charge in [-0.3, -0.25) is 23.4 Å². The second-order valence-corrected chi connectivity index (χ2v) is 20.9. The van der Waals surface area contributed by atoms with E-state index in [4.69, 9.17) is 23.3 Å². The fourth-order valence-electron chi connectivity index (χ4n) is 7.99. The standard InChI is InChI=1S/C60H107O11P/c1-4-7-10-13-16-19-22-24-26-27-28-29-31-33-36-39-42-45-48-51-60(64)71-57(53-67-58(62)49-46-43-40-37-34-21-18-15-12-9-6-3)55-69-72(65,66)68-54-56(52-61)70-59(63)50-47-44-41-38-35-32-30-25-23-20-17-14-11-8-5-2/h8,11,17,20,24-26,30,35,38,56-57,61H,4-7,9-10,12-16,18-19,21-23,27-29,31-34,36-37,39-55H2,1-3H3,(H,65,66)/b11-8-,20-17-,26-24-,30-25-,38-35-. The SMILES string of the molecule is CC/C=C\C/C=C\C/C=C\C/C=C\CCCCC(=O)OC(CO)COP(=O)(O)OCC(COC(=O)CCCCCCCCCCCCC)OC(=O)CCCCCCCCCCC/C=C\CCCCCCCC. The van der Waals surface area contributed by atoms with Crippen molar-refractivity contribution in [2.75, 3.05) is 26.4 Å². The number of hydrogen-bond acceptors (Lipinski definition) is 10. The summed E-state index contributed by atoms with van der Waals surface area (Å²) < 4.78 is 39.5. The number of hydrogen-bond donors (Lipinski definition) is 2. The first-order valence-corrected chi connectivity index (χ1v) is 30.7. The molecule has 418 valence electrons. The van der Waals surface area contributed by atoms with Crippen LogP contribution in [-0.4, -0.2) is 66.5 Å². The Morgan fingerprint density at radius 1 is 0.403 bits per heavy atom. The number of aliphatic hydroxyl groups is 1. The van der Waals surface area contributed by atoms with Gasteiger partial charge in [-0.1, -0.05) is 223 Å². The number of esters is 3. The molecule has 0 rings (SSSR count). The van der Waals surface area contributed by atoms with Gasteiger partial charge >= 0.3 is 25.7 Å². The zero-order chi connectivity index (χ0) is 52.7. The van der Waals surface area contributed by atoms with Crippen LogP contribution in [0.5, 0.6) is 0 Å². The molecular weight excluding hydrogens is 928 g/mol. The summed E-state index contributed by atoms with van der Waals surface area (Å²) in [5.74, 6) is -1.50.